The van der Waals surface area contributed by atoms with Crippen molar-refractivity contribution < 1.29 is 9.59 Å². The van der Waals surface area contributed by atoms with Crippen molar-refractivity contribution in [2.24, 2.45) is 0 Å². The number of amides is 3. The minimum absolute atomic E-state index is 0.267. The maximum atomic E-state index is 14.0. The number of likely N-dealkylation sites (tertiary alicyclic amines) is 1. The fraction of sp³-hybridized carbons (Fsp3) is 0.348. The highest BCUT2D eigenvalue weighted by molar-refractivity contribution is 6.35. The predicted molar refractivity (Wildman–Crippen MR) is 124 cm³/mol. The monoisotopic (exact) mass is 471 g/mol. The van der Waals surface area contributed by atoms with Crippen LogP contribution >= 0.6 is 23.2 Å². The molecule has 7 nitrogen and oxygen atoms in total. The third-order valence-corrected chi connectivity index (χ3v) is 6.60. The first-order chi connectivity index (χ1) is 15.2. The molecular weight excluding hydrogens is 449 g/mol. The molecule has 4 rings (SSSR count). The van der Waals surface area contributed by atoms with Crippen LogP contribution in [0.3, 0.4) is 0 Å². The van der Waals surface area contributed by atoms with Gasteiger partial charge in [0.05, 0.1) is 24.0 Å². The molecule has 0 radical (unpaired) electrons. The van der Waals surface area contributed by atoms with Gasteiger partial charge in [0.25, 0.3) is 5.91 Å². The van der Waals surface area contributed by atoms with Crippen LogP contribution in [0.25, 0.3) is 0 Å². The Kier molecular flexibility index (Phi) is 5.91. The molecule has 2 atom stereocenters. The number of hydrogen-bond donors (Lipinski definition) is 0. The van der Waals surface area contributed by atoms with E-state index in [0.29, 0.717) is 41.1 Å². The fourth-order valence-corrected chi connectivity index (χ4v) is 5.32. The number of urea groups is 1. The first-order valence-electron chi connectivity index (χ1n) is 10.1. The number of carbonyl (C=O) groups excluding carboxylic acids is 2. The van der Waals surface area contributed by atoms with Gasteiger partial charge in [-0.15, -0.1) is 0 Å². The fourth-order valence-electron chi connectivity index (χ4n) is 4.80. The number of likely N-dealkylation sites (N-methyl/N-ethyl adjacent to an activating group) is 1. The molecule has 0 unspecified atom stereocenters. The van der Waals surface area contributed by atoms with Crippen molar-refractivity contribution in [3.8, 4) is 6.07 Å². The molecule has 2 aliphatic heterocycles. The lowest BCUT2D eigenvalue weighted by Gasteiger charge is -2.34. The van der Waals surface area contributed by atoms with Gasteiger partial charge in [0.1, 0.15) is 5.54 Å². The molecule has 2 heterocycles. The van der Waals surface area contributed by atoms with E-state index in [1.165, 1.54) is 4.90 Å². The Labute approximate surface area is 197 Å². The summed E-state index contributed by atoms with van der Waals surface area (Å²) >= 11 is 12.3. The van der Waals surface area contributed by atoms with Crippen LogP contribution in [0, 0.1) is 11.3 Å². The van der Waals surface area contributed by atoms with Gasteiger partial charge >= 0.3 is 6.03 Å². The Balaban J connectivity index is 1.81. The van der Waals surface area contributed by atoms with Crippen LogP contribution in [-0.4, -0.2) is 73.1 Å². The number of imide groups is 1. The first-order valence-corrected chi connectivity index (χ1v) is 10.9. The number of benzene rings is 2. The molecule has 0 N–H and O–H groups in total. The highest BCUT2D eigenvalue weighted by atomic mass is 35.5. The summed E-state index contributed by atoms with van der Waals surface area (Å²) in [5.41, 5.74) is 0.717. The largest absolute Gasteiger partial charge is 0.332 e. The highest BCUT2D eigenvalue weighted by Crippen LogP contribution is 2.46. The third-order valence-electron chi connectivity index (χ3n) is 6.16. The van der Waals surface area contributed by atoms with Gasteiger partial charge in [-0.05, 0) is 50.0 Å². The summed E-state index contributed by atoms with van der Waals surface area (Å²) in [4.78, 5) is 34.3. The summed E-state index contributed by atoms with van der Waals surface area (Å²) in [6.45, 7) is 1.63. The Morgan fingerprint density at radius 2 is 1.75 bits per heavy atom. The van der Waals surface area contributed by atoms with Crippen molar-refractivity contribution in [1.82, 2.24) is 14.7 Å². The van der Waals surface area contributed by atoms with Gasteiger partial charge in [-0.1, -0.05) is 35.3 Å². The molecule has 0 bridgehead atoms. The molecule has 3 amide bonds. The average Bonchev–Trinajstić information content (AvgIpc) is 3.19. The summed E-state index contributed by atoms with van der Waals surface area (Å²) in [5.74, 6) is -0.574. The van der Waals surface area contributed by atoms with Crippen molar-refractivity contribution in [2.45, 2.75) is 11.5 Å². The maximum absolute atomic E-state index is 14.0. The summed E-state index contributed by atoms with van der Waals surface area (Å²) in [7, 11) is 5.60. The van der Waals surface area contributed by atoms with Gasteiger partial charge in [-0.25, -0.2) is 9.69 Å². The van der Waals surface area contributed by atoms with E-state index < -0.39 is 11.6 Å². The van der Waals surface area contributed by atoms with E-state index in [-0.39, 0.29) is 11.8 Å². The van der Waals surface area contributed by atoms with Gasteiger partial charge in [0.2, 0.25) is 0 Å². The van der Waals surface area contributed by atoms with Crippen LogP contribution in [0.2, 0.25) is 10.0 Å². The van der Waals surface area contributed by atoms with Gasteiger partial charge < -0.3 is 4.90 Å². The Bertz CT molecular complexity index is 1090. The molecular formula is C23H23Cl2N5O2. The molecule has 2 aromatic rings. The third kappa shape index (κ3) is 3.63. The van der Waals surface area contributed by atoms with Gasteiger partial charge in [-0.2, -0.15) is 5.26 Å². The number of hydrogen-bond acceptors (Lipinski definition) is 5. The molecule has 0 saturated carbocycles. The van der Waals surface area contributed by atoms with Gasteiger partial charge in [0, 0.05) is 36.1 Å². The number of rotatable bonds is 4. The number of anilines is 1. The first kappa shape index (κ1) is 22.6. The van der Waals surface area contributed by atoms with Gasteiger partial charge in [0.15, 0.2) is 0 Å². The molecule has 32 heavy (non-hydrogen) atoms. The van der Waals surface area contributed by atoms with E-state index in [0.717, 1.165) is 5.56 Å². The number of nitriles is 1. The number of carbonyl (C=O) groups is 2. The van der Waals surface area contributed by atoms with E-state index in [4.69, 9.17) is 28.5 Å². The molecule has 2 aliphatic rings. The van der Waals surface area contributed by atoms with Crippen molar-refractivity contribution in [1.29, 1.82) is 5.26 Å². The second-order valence-electron chi connectivity index (χ2n) is 8.55. The van der Waals surface area contributed by atoms with Crippen molar-refractivity contribution in [3.05, 3.63) is 63.6 Å². The average molecular weight is 472 g/mol. The summed E-state index contributed by atoms with van der Waals surface area (Å²) in [5, 5.41) is 9.86. The van der Waals surface area contributed by atoms with Gasteiger partial charge in [-0.3, -0.25) is 14.6 Å². The lowest BCUT2D eigenvalue weighted by atomic mass is 9.80. The van der Waals surface area contributed by atoms with Crippen LogP contribution in [0.15, 0.2) is 42.5 Å². The molecule has 9 heteroatoms. The maximum Gasteiger partial charge on any atom is 0.332 e. The lowest BCUT2D eigenvalue weighted by molar-refractivity contribution is -0.124. The minimum Gasteiger partial charge on any atom is -0.310 e. The van der Waals surface area contributed by atoms with E-state index in [1.807, 2.05) is 31.1 Å². The smallest absolute Gasteiger partial charge is 0.310 e. The van der Waals surface area contributed by atoms with Crippen LogP contribution in [0.5, 0.6) is 0 Å². The number of halogens is 2. The molecule has 2 saturated heterocycles. The Morgan fingerprint density at radius 3 is 2.31 bits per heavy atom. The SMILES string of the molecule is CN(C)CN1C[C@@H](c2ccc(C#N)cc2)[C@]2(C1)C(=O)N(c1cc(Cl)cc(Cl)c1)C(=O)N2C. The Morgan fingerprint density at radius 1 is 1.12 bits per heavy atom. The summed E-state index contributed by atoms with van der Waals surface area (Å²) < 4.78 is 0. The van der Waals surface area contributed by atoms with Crippen molar-refractivity contribution in [3.63, 3.8) is 0 Å². The standard InChI is InChI=1S/C23H23Cl2N5O2/c1-27(2)14-29-12-20(16-6-4-15(11-26)5-7-16)23(13-29)21(31)30(22(32)28(23)3)19-9-17(24)8-18(25)10-19/h4-10,20H,12-14H2,1-3H3/t20-,23+/m0/s1. The normalized spacial score (nSPS) is 23.6. The second kappa shape index (κ2) is 8.38. The van der Waals surface area contributed by atoms with E-state index in [1.54, 1.807) is 42.3 Å². The molecule has 166 valence electrons. The quantitative estimate of drug-likeness (QED) is 0.636. The zero-order valence-electron chi connectivity index (χ0n) is 18.0. The van der Waals surface area contributed by atoms with E-state index in [2.05, 4.69) is 11.0 Å². The van der Waals surface area contributed by atoms with E-state index in [9.17, 15) is 9.59 Å². The second-order valence-corrected chi connectivity index (χ2v) is 9.43. The zero-order chi connectivity index (χ0) is 23.2. The molecule has 0 aliphatic carbocycles. The van der Waals surface area contributed by atoms with Crippen LogP contribution in [-0.2, 0) is 4.79 Å². The van der Waals surface area contributed by atoms with E-state index >= 15 is 0 Å². The summed E-state index contributed by atoms with van der Waals surface area (Å²) in [6.07, 6.45) is 0. The topological polar surface area (TPSA) is 70.9 Å². The van der Waals surface area contributed by atoms with Crippen LogP contribution in [0.4, 0.5) is 10.5 Å². The minimum atomic E-state index is -1.09. The predicted octanol–water partition coefficient (Wildman–Crippen LogP) is 3.62. The number of nitrogens with zero attached hydrogens (tertiary/aromatic N) is 5. The van der Waals surface area contributed by atoms with Crippen molar-refractivity contribution in [2.75, 3.05) is 45.8 Å². The van der Waals surface area contributed by atoms with Crippen LogP contribution < -0.4 is 4.90 Å². The molecule has 2 fully saturated rings. The Hall–Kier alpha value is -2.63. The van der Waals surface area contributed by atoms with Crippen molar-refractivity contribution >= 4 is 40.8 Å². The molecule has 1 spiro atoms. The molecule has 2 aromatic carbocycles. The molecule has 0 aromatic heterocycles. The lowest BCUT2D eigenvalue weighted by Crippen LogP contribution is -2.54. The zero-order valence-corrected chi connectivity index (χ0v) is 19.6. The summed E-state index contributed by atoms with van der Waals surface area (Å²) in [6, 6.07) is 13.6. The van der Waals surface area contributed by atoms with Crippen LogP contribution in [0.1, 0.15) is 17.0 Å². The highest BCUT2D eigenvalue weighted by Gasteiger charge is 2.64.